The van der Waals surface area contributed by atoms with Gasteiger partial charge < -0.3 is 15.6 Å². The minimum atomic E-state index is -1.04. The predicted molar refractivity (Wildman–Crippen MR) is 80.4 cm³/mol. The summed E-state index contributed by atoms with van der Waals surface area (Å²) < 4.78 is 4.97. The minimum Gasteiger partial charge on any atom is -0.507 e. The summed E-state index contributed by atoms with van der Waals surface area (Å²) in [6.07, 6.45) is -1.04. The van der Waals surface area contributed by atoms with Crippen LogP contribution in [0.25, 0.3) is 0 Å². The number of hydrogen-bond acceptors (Lipinski definition) is 4. The molecule has 1 amide bonds. The van der Waals surface area contributed by atoms with Crippen LogP contribution in [-0.2, 0) is 9.53 Å². The monoisotopic (exact) mass is 293 g/mol. The Kier molecular flexibility index (Phi) is 5.35. The molecule has 0 unspecified atom stereocenters. The van der Waals surface area contributed by atoms with Gasteiger partial charge in [0, 0.05) is 0 Å². The lowest BCUT2D eigenvalue weighted by Gasteiger charge is -2.17. The maximum Gasteiger partial charge on any atom is 0.342 e. The Bertz CT molecular complexity index is 549. The quantitative estimate of drug-likeness (QED) is 0.817. The van der Waals surface area contributed by atoms with Gasteiger partial charge in [-0.1, -0.05) is 33.8 Å². The lowest BCUT2D eigenvalue weighted by Crippen LogP contribution is -2.30. The van der Waals surface area contributed by atoms with Crippen LogP contribution in [-0.4, -0.2) is 23.1 Å². The second kappa shape index (κ2) is 6.61. The van der Waals surface area contributed by atoms with Gasteiger partial charge in [-0.2, -0.15) is 0 Å². The molecule has 3 N–H and O–H groups in total. The standard InChI is InChI=1S/C16H23NO4/c1-8(2)11-6-12(9(3)4)14(18)13(7-11)16(20)21-10(5)15(17)19/h6-10,18H,1-5H3,(H2,17,19)/t10-/m0/s1. The van der Waals surface area contributed by atoms with Crippen LogP contribution in [0.1, 0.15) is 67.9 Å². The molecule has 0 saturated carbocycles. The van der Waals surface area contributed by atoms with Crippen molar-refractivity contribution in [3.8, 4) is 5.75 Å². The Morgan fingerprint density at radius 2 is 1.67 bits per heavy atom. The first kappa shape index (κ1) is 17.0. The van der Waals surface area contributed by atoms with E-state index in [0.717, 1.165) is 5.56 Å². The molecular formula is C16H23NO4. The SMILES string of the molecule is CC(C)c1cc(C(=O)O[C@@H](C)C(N)=O)c(O)c(C(C)C)c1. The molecule has 0 radical (unpaired) electrons. The third-order valence-electron chi connectivity index (χ3n) is 3.35. The summed E-state index contributed by atoms with van der Waals surface area (Å²) in [5, 5.41) is 10.3. The first-order valence-electron chi connectivity index (χ1n) is 7.02. The first-order valence-corrected chi connectivity index (χ1v) is 7.02. The van der Waals surface area contributed by atoms with E-state index in [0.29, 0.717) is 5.56 Å². The fourth-order valence-electron chi connectivity index (χ4n) is 1.89. The maximum absolute atomic E-state index is 12.1. The number of amides is 1. The Balaban J connectivity index is 3.27. The van der Waals surface area contributed by atoms with Crippen molar-refractivity contribution in [1.29, 1.82) is 0 Å². The summed E-state index contributed by atoms with van der Waals surface area (Å²) in [6.45, 7) is 9.25. The molecule has 1 aromatic carbocycles. The molecule has 0 heterocycles. The number of hydrogen-bond donors (Lipinski definition) is 2. The maximum atomic E-state index is 12.1. The van der Waals surface area contributed by atoms with Gasteiger partial charge in [-0.3, -0.25) is 4.79 Å². The molecule has 0 fully saturated rings. The molecule has 21 heavy (non-hydrogen) atoms. The fraction of sp³-hybridized carbons (Fsp3) is 0.500. The van der Waals surface area contributed by atoms with E-state index in [4.69, 9.17) is 10.5 Å². The van der Waals surface area contributed by atoms with E-state index in [9.17, 15) is 14.7 Å². The zero-order valence-corrected chi connectivity index (χ0v) is 13.1. The number of aromatic hydroxyl groups is 1. The van der Waals surface area contributed by atoms with Gasteiger partial charge in [-0.05, 0) is 36.0 Å². The van der Waals surface area contributed by atoms with Gasteiger partial charge in [0.2, 0.25) is 0 Å². The highest BCUT2D eigenvalue weighted by Crippen LogP contribution is 2.33. The molecule has 0 aliphatic carbocycles. The van der Waals surface area contributed by atoms with Crippen LogP contribution < -0.4 is 5.73 Å². The van der Waals surface area contributed by atoms with Crippen LogP contribution in [0.4, 0.5) is 0 Å². The average molecular weight is 293 g/mol. The molecule has 0 bridgehead atoms. The van der Waals surface area contributed by atoms with Gasteiger partial charge in [0.05, 0.1) is 0 Å². The molecule has 0 spiro atoms. The molecule has 1 atom stereocenters. The van der Waals surface area contributed by atoms with E-state index in [1.165, 1.54) is 6.92 Å². The molecule has 0 aromatic heterocycles. The largest absolute Gasteiger partial charge is 0.507 e. The number of nitrogens with two attached hydrogens (primary N) is 1. The number of phenols is 1. The van der Waals surface area contributed by atoms with Gasteiger partial charge in [-0.15, -0.1) is 0 Å². The number of primary amides is 1. The normalized spacial score (nSPS) is 12.5. The van der Waals surface area contributed by atoms with Crippen molar-refractivity contribution in [2.45, 2.75) is 52.6 Å². The lowest BCUT2D eigenvalue weighted by atomic mass is 9.92. The van der Waals surface area contributed by atoms with Gasteiger partial charge in [0.25, 0.3) is 5.91 Å². The molecular weight excluding hydrogens is 270 g/mol. The second-order valence-corrected chi connectivity index (χ2v) is 5.77. The highest BCUT2D eigenvalue weighted by molar-refractivity contribution is 5.95. The van der Waals surface area contributed by atoms with Crippen LogP contribution in [0, 0.1) is 0 Å². The Morgan fingerprint density at radius 1 is 1.10 bits per heavy atom. The molecule has 1 rings (SSSR count). The number of ether oxygens (including phenoxy) is 1. The molecule has 1 aromatic rings. The van der Waals surface area contributed by atoms with Gasteiger partial charge in [0.15, 0.2) is 6.10 Å². The average Bonchev–Trinajstić information content (AvgIpc) is 2.37. The van der Waals surface area contributed by atoms with Crippen molar-refractivity contribution in [1.82, 2.24) is 0 Å². The zero-order chi connectivity index (χ0) is 16.3. The number of carbonyl (C=O) groups is 2. The first-order chi connectivity index (χ1) is 9.65. The summed E-state index contributed by atoms with van der Waals surface area (Å²) in [4.78, 5) is 23.1. The lowest BCUT2D eigenvalue weighted by molar-refractivity contribution is -0.125. The highest BCUT2D eigenvalue weighted by Gasteiger charge is 2.23. The smallest absolute Gasteiger partial charge is 0.342 e. The molecule has 116 valence electrons. The third kappa shape index (κ3) is 3.97. The number of carbonyl (C=O) groups excluding carboxylic acids is 2. The predicted octanol–water partition coefficient (Wildman–Crippen LogP) is 2.67. The fourth-order valence-corrected chi connectivity index (χ4v) is 1.89. The van der Waals surface area contributed by atoms with Crippen molar-refractivity contribution in [2.75, 3.05) is 0 Å². The Labute approximate surface area is 125 Å². The molecule has 5 heteroatoms. The number of benzene rings is 1. The van der Waals surface area contributed by atoms with E-state index < -0.39 is 18.0 Å². The van der Waals surface area contributed by atoms with Crippen LogP contribution in [0.3, 0.4) is 0 Å². The van der Waals surface area contributed by atoms with Gasteiger partial charge in [-0.25, -0.2) is 4.79 Å². The molecule has 0 saturated heterocycles. The second-order valence-electron chi connectivity index (χ2n) is 5.77. The Hall–Kier alpha value is -2.04. The van der Waals surface area contributed by atoms with Crippen molar-refractivity contribution < 1.29 is 19.4 Å². The van der Waals surface area contributed by atoms with Crippen molar-refractivity contribution >= 4 is 11.9 Å². The topological polar surface area (TPSA) is 89.6 Å². The molecule has 5 nitrogen and oxygen atoms in total. The number of esters is 1. The zero-order valence-electron chi connectivity index (χ0n) is 13.1. The Morgan fingerprint density at radius 3 is 2.10 bits per heavy atom. The summed E-state index contributed by atoms with van der Waals surface area (Å²) in [7, 11) is 0. The van der Waals surface area contributed by atoms with Crippen molar-refractivity contribution in [3.63, 3.8) is 0 Å². The van der Waals surface area contributed by atoms with E-state index in [1.54, 1.807) is 6.07 Å². The van der Waals surface area contributed by atoms with Crippen molar-refractivity contribution in [3.05, 3.63) is 28.8 Å². The molecule has 0 aliphatic heterocycles. The van der Waals surface area contributed by atoms with E-state index in [1.807, 2.05) is 33.8 Å². The number of rotatable bonds is 5. The summed E-state index contributed by atoms with van der Waals surface area (Å²) in [5.74, 6) is -1.32. The third-order valence-corrected chi connectivity index (χ3v) is 3.35. The van der Waals surface area contributed by atoms with Crippen LogP contribution in [0.2, 0.25) is 0 Å². The van der Waals surface area contributed by atoms with Gasteiger partial charge >= 0.3 is 5.97 Å². The van der Waals surface area contributed by atoms with E-state index in [2.05, 4.69) is 0 Å². The number of phenolic OH excluding ortho intramolecular Hbond substituents is 1. The van der Waals surface area contributed by atoms with Crippen molar-refractivity contribution in [2.24, 2.45) is 5.73 Å². The van der Waals surface area contributed by atoms with E-state index in [-0.39, 0.29) is 23.1 Å². The summed E-state index contributed by atoms with van der Waals surface area (Å²) in [6, 6.07) is 3.49. The van der Waals surface area contributed by atoms with Crippen LogP contribution in [0.15, 0.2) is 12.1 Å². The van der Waals surface area contributed by atoms with Crippen LogP contribution in [0.5, 0.6) is 5.75 Å². The van der Waals surface area contributed by atoms with Gasteiger partial charge in [0.1, 0.15) is 11.3 Å². The highest BCUT2D eigenvalue weighted by atomic mass is 16.5. The molecule has 0 aliphatic rings. The summed E-state index contributed by atoms with van der Waals surface area (Å²) >= 11 is 0. The van der Waals surface area contributed by atoms with Crippen LogP contribution >= 0.6 is 0 Å². The summed E-state index contributed by atoms with van der Waals surface area (Å²) in [5.41, 5.74) is 6.75. The minimum absolute atomic E-state index is 0.0591. The van der Waals surface area contributed by atoms with E-state index >= 15 is 0 Å².